The van der Waals surface area contributed by atoms with E-state index in [1.807, 2.05) is 6.07 Å². The van der Waals surface area contributed by atoms with Crippen LogP contribution in [0.3, 0.4) is 0 Å². The number of nitrogens with two attached hydrogens (primary N) is 1. The van der Waals surface area contributed by atoms with Crippen molar-refractivity contribution in [1.29, 1.82) is 0 Å². The summed E-state index contributed by atoms with van der Waals surface area (Å²) in [5.74, 6) is 2.57. The molecule has 0 bridgehead atoms. The fraction of sp³-hybridized carbons (Fsp3) is 0.667. The van der Waals surface area contributed by atoms with Gasteiger partial charge in [0.1, 0.15) is 5.75 Å². The van der Waals surface area contributed by atoms with Crippen LogP contribution in [0.4, 0.5) is 0 Å². The van der Waals surface area contributed by atoms with Gasteiger partial charge in [-0.15, -0.1) is 0 Å². The zero-order chi connectivity index (χ0) is 14.6. The predicted molar refractivity (Wildman–Crippen MR) is 85.0 cm³/mol. The van der Waals surface area contributed by atoms with Gasteiger partial charge in [0.2, 0.25) is 0 Å². The van der Waals surface area contributed by atoms with E-state index in [0.29, 0.717) is 0 Å². The standard InChI is InChI=1S/C18H29NO/c1-14(2)16-7-5-10-18(19,11-9-16)13-15-6-4-8-17(12-15)20-3/h4,6,8,12,14,16H,5,7,9-11,13,19H2,1-3H3. The summed E-state index contributed by atoms with van der Waals surface area (Å²) in [5, 5.41) is 0. The topological polar surface area (TPSA) is 35.2 Å². The Labute approximate surface area is 123 Å². The van der Waals surface area contributed by atoms with Gasteiger partial charge in [-0.05, 0) is 55.2 Å². The van der Waals surface area contributed by atoms with E-state index >= 15 is 0 Å². The minimum absolute atomic E-state index is 0.0317. The second-order valence-electron chi connectivity index (χ2n) is 6.83. The molecule has 0 aromatic heterocycles. The molecule has 0 radical (unpaired) electrons. The van der Waals surface area contributed by atoms with Crippen molar-refractivity contribution in [3.8, 4) is 5.75 Å². The van der Waals surface area contributed by atoms with Crippen LogP contribution in [-0.2, 0) is 6.42 Å². The second kappa shape index (κ2) is 6.62. The molecule has 2 unspecified atom stereocenters. The van der Waals surface area contributed by atoms with Gasteiger partial charge in [0, 0.05) is 5.54 Å². The van der Waals surface area contributed by atoms with Crippen LogP contribution in [0.1, 0.15) is 51.5 Å². The smallest absolute Gasteiger partial charge is 0.119 e. The highest BCUT2D eigenvalue weighted by Crippen LogP contribution is 2.34. The first kappa shape index (κ1) is 15.4. The molecule has 0 saturated heterocycles. The molecular formula is C18H29NO. The third kappa shape index (κ3) is 3.99. The lowest BCUT2D eigenvalue weighted by molar-refractivity contribution is 0.321. The van der Waals surface area contributed by atoms with E-state index in [9.17, 15) is 0 Å². The number of rotatable bonds is 4. The van der Waals surface area contributed by atoms with Gasteiger partial charge in [-0.25, -0.2) is 0 Å². The Morgan fingerprint density at radius 2 is 2.10 bits per heavy atom. The number of methoxy groups -OCH3 is 1. The molecule has 1 saturated carbocycles. The normalized spacial score (nSPS) is 27.4. The van der Waals surface area contributed by atoms with E-state index in [1.165, 1.54) is 24.8 Å². The molecule has 2 heteroatoms. The van der Waals surface area contributed by atoms with E-state index in [0.717, 1.165) is 36.8 Å². The van der Waals surface area contributed by atoms with E-state index in [-0.39, 0.29) is 5.54 Å². The number of benzene rings is 1. The van der Waals surface area contributed by atoms with Crippen LogP contribution in [0.15, 0.2) is 24.3 Å². The molecule has 0 heterocycles. The predicted octanol–water partition coefficient (Wildman–Crippen LogP) is 4.17. The SMILES string of the molecule is COc1cccc(CC2(N)CCCC(C(C)C)CC2)c1. The molecule has 112 valence electrons. The van der Waals surface area contributed by atoms with Crippen molar-refractivity contribution in [2.45, 2.75) is 57.9 Å². The Morgan fingerprint density at radius 1 is 1.30 bits per heavy atom. The van der Waals surface area contributed by atoms with Crippen molar-refractivity contribution < 1.29 is 4.74 Å². The summed E-state index contributed by atoms with van der Waals surface area (Å²) in [6, 6.07) is 8.35. The lowest BCUT2D eigenvalue weighted by atomic mass is 9.83. The van der Waals surface area contributed by atoms with Crippen LogP contribution in [-0.4, -0.2) is 12.6 Å². The molecule has 1 aromatic carbocycles. The molecule has 2 atom stereocenters. The van der Waals surface area contributed by atoms with Crippen molar-refractivity contribution in [3.05, 3.63) is 29.8 Å². The average molecular weight is 275 g/mol. The monoisotopic (exact) mass is 275 g/mol. The van der Waals surface area contributed by atoms with E-state index < -0.39 is 0 Å². The van der Waals surface area contributed by atoms with Crippen LogP contribution in [0, 0.1) is 11.8 Å². The quantitative estimate of drug-likeness (QED) is 0.837. The maximum Gasteiger partial charge on any atom is 0.119 e. The van der Waals surface area contributed by atoms with Gasteiger partial charge in [-0.1, -0.05) is 38.8 Å². The van der Waals surface area contributed by atoms with Crippen molar-refractivity contribution in [2.24, 2.45) is 17.6 Å². The van der Waals surface area contributed by atoms with Crippen molar-refractivity contribution >= 4 is 0 Å². The third-order valence-corrected chi connectivity index (χ3v) is 4.90. The fourth-order valence-corrected chi connectivity index (χ4v) is 3.49. The Morgan fingerprint density at radius 3 is 2.80 bits per heavy atom. The van der Waals surface area contributed by atoms with Gasteiger partial charge >= 0.3 is 0 Å². The highest BCUT2D eigenvalue weighted by atomic mass is 16.5. The molecule has 1 aromatic rings. The van der Waals surface area contributed by atoms with Gasteiger partial charge in [-0.2, -0.15) is 0 Å². The molecule has 2 nitrogen and oxygen atoms in total. The van der Waals surface area contributed by atoms with Gasteiger partial charge in [0.25, 0.3) is 0 Å². The first-order valence-corrected chi connectivity index (χ1v) is 7.94. The Hall–Kier alpha value is -1.02. The van der Waals surface area contributed by atoms with E-state index in [2.05, 4.69) is 32.0 Å². The number of ether oxygens (including phenoxy) is 1. The Bertz CT molecular complexity index is 429. The highest BCUT2D eigenvalue weighted by molar-refractivity contribution is 5.29. The van der Waals surface area contributed by atoms with Crippen LogP contribution in [0.25, 0.3) is 0 Å². The van der Waals surface area contributed by atoms with Gasteiger partial charge in [-0.3, -0.25) is 0 Å². The molecule has 2 rings (SSSR count). The molecule has 0 spiro atoms. The largest absolute Gasteiger partial charge is 0.497 e. The zero-order valence-corrected chi connectivity index (χ0v) is 13.2. The summed E-state index contributed by atoms with van der Waals surface area (Å²) in [4.78, 5) is 0. The molecule has 2 N–H and O–H groups in total. The van der Waals surface area contributed by atoms with Crippen LogP contribution in [0.2, 0.25) is 0 Å². The van der Waals surface area contributed by atoms with Crippen molar-refractivity contribution in [1.82, 2.24) is 0 Å². The maximum atomic E-state index is 6.70. The molecule has 1 aliphatic rings. The average Bonchev–Trinajstić information content (AvgIpc) is 2.61. The maximum absolute atomic E-state index is 6.70. The van der Waals surface area contributed by atoms with E-state index in [1.54, 1.807) is 7.11 Å². The summed E-state index contributed by atoms with van der Waals surface area (Å²) in [6.07, 6.45) is 7.14. The highest BCUT2D eigenvalue weighted by Gasteiger charge is 2.30. The molecule has 1 fully saturated rings. The molecule has 0 amide bonds. The van der Waals surface area contributed by atoms with Crippen LogP contribution < -0.4 is 10.5 Å². The van der Waals surface area contributed by atoms with Crippen molar-refractivity contribution in [2.75, 3.05) is 7.11 Å². The fourth-order valence-electron chi connectivity index (χ4n) is 3.49. The Kier molecular flexibility index (Phi) is 5.09. The number of hydrogen-bond acceptors (Lipinski definition) is 2. The van der Waals surface area contributed by atoms with E-state index in [4.69, 9.17) is 10.5 Å². The summed E-state index contributed by atoms with van der Waals surface area (Å²) in [5.41, 5.74) is 7.97. The third-order valence-electron chi connectivity index (χ3n) is 4.90. The summed E-state index contributed by atoms with van der Waals surface area (Å²) in [7, 11) is 1.72. The van der Waals surface area contributed by atoms with Gasteiger partial charge in [0.15, 0.2) is 0 Å². The van der Waals surface area contributed by atoms with Gasteiger partial charge in [0.05, 0.1) is 7.11 Å². The first-order chi connectivity index (χ1) is 9.52. The summed E-state index contributed by atoms with van der Waals surface area (Å²) >= 11 is 0. The van der Waals surface area contributed by atoms with Crippen LogP contribution in [0.5, 0.6) is 5.75 Å². The molecular weight excluding hydrogens is 246 g/mol. The lowest BCUT2D eigenvalue weighted by Gasteiger charge is -2.29. The molecule has 0 aliphatic heterocycles. The van der Waals surface area contributed by atoms with Crippen LogP contribution >= 0.6 is 0 Å². The minimum atomic E-state index is -0.0317. The minimum Gasteiger partial charge on any atom is -0.497 e. The second-order valence-corrected chi connectivity index (χ2v) is 6.83. The molecule has 20 heavy (non-hydrogen) atoms. The summed E-state index contributed by atoms with van der Waals surface area (Å²) < 4.78 is 5.31. The Balaban J connectivity index is 2.03. The number of hydrogen-bond donors (Lipinski definition) is 1. The van der Waals surface area contributed by atoms with Gasteiger partial charge < -0.3 is 10.5 Å². The molecule has 1 aliphatic carbocycles. The lowest BCUT2D eigenvalue weighted by Crippen LogP contribution is -2.41. The zero-order valence-electron chi connectivity index (χ0n) is 13.2. The summed E-state index contributed by atoms with van der Waals surface area (Å²) in [6.45, 7) is 4.69. The van der Waals surface area contributed by atoms with Crippen molar-refractivity contribution in [3.63, 3.8) is 0 Å². The first-order valence-electron chi connectivity index (χ1n) is 7.94.